The molecule has 0 fully saturated rings. The summed E-state index contributed by atoms with van der Waals surface area (Å²) in [4.78, 5) is 0. The molecule has 0 unspecified atom stereocenters. The van der Waals surface area contributed by atoms with Gasteiger partial charge in [0.15, 0.2) is 0 Å². The van der Waals surface area contributed by atoms with Gasteiger partial charge in [0.2, 0.25) is 0 Å². The van der Waals surface area contributed by atoms with Crippen LogP contribution in [0.3, 0.4) is 0 Å². The quantitative estimate of drug-likeness (QED) is 0.488. The first-order chi connectivity index (χ1) is 12.1. The van der Waals surface area contributed by atoms with E-state index in [9.17, 15) is 0 Å². The van der Waals surface area contributed by atoms with Gasteiger partial charge < -0.3 is 10.1 Å². The van der Waals surface area contributed by atoms with Crippen LogP contribution in [0.4, 0.5) is 5.69 Å². The first-order valence-electron chi connectivity index (χ1n) is 8.06. The summed E-state index contributed by atoms with van der Waals surface area (Å²) < 4.78 is 6.87. The zero-order chi connectivity index (χ0) is 17.6. The molecule has 0 aliphatic rings. The summed E-state index contributed by atoms with van der Waals surface area (Å²) in [7, 11) is 0. The minimum Gasteiger partial charge on any atom is -0.488 e. The maximum atomic E-state index is 5.91. The first kappa shape index (κ1) is 17.8. The van der Waals surface area contributed by atoms with Crippen LogP contribution in [0, 0.1) is 6.92 Å². The lowest BCUT2D eigenvalue weighted by molar-refractivity contribution is 0.304. The normalized spacial score (nSPS) is 10.5. The second-order valence-corrected chi connectivity index (χ2v) is 7.19. The maximum Gasteiger partial charge on any atom is 0.134 e. The molecule has 0 atom stereocenters. The number of benzene rings is 3. The molecule has 0 aliphatic carbocycles. The minimum atomic E-state index is 0.557. The summed E-state index contributed by atoms with van der Waals surface area (Å²) >= 11 is 9.50. The number of nitrogens with one attached hydrogen (secondary N) is 1. The summed E-state index contributed by atoms with van der Waals surface area (Å²) in [5.74, 6) is 0.843. The average Bonchev–Trinajstić information content (AvgIpc) is 2.62. The van der Waals surface area contributed by atoms with Crippen LogP contribution < -0.4 is 10.1 Å². The third-order valence-corrected chi connectivity index (χ3v) is 4.72. The van der Waals surface area contributed by atoms with E-state index in [1.165, 1.54) is 11.1 Å². The van der Waals surface area contributed by atoms with Crippen LogP contribution in [-0.2, 0) is 13.2 Å². The van der Waals surface area contributed by atoms with Gasteiger partial charge in [0.1, 0.15) is 12.4 Å². The maximum absolute atomic E-state index is 5.91. The number of aryl methyl sites for hydroxylation is 1. The molecule has 0 saturated carbocycles. The third kappa shape index (κ3) is 5.25. The van der Waals surface area contributed by atoms with Crippen molar-refractivity contribution in [3.05, 3.63) is 92.9 Å². The Morgan fingerprint density at radius 3 is 2.28 bits per heavy atom. The van der Waals surface area contributed by atoms with E-state index in [1.54, 1.807) is 0 Å². The Hall–Kier alpha value is -1.97. The summed E-state index contributed by atoms with van der Waals surface area (Å²) in [6.45, 7) is 3.37. The van der Waals surface area contributed by atoms with Crippen LogP contribution in [0.2, 0.25) is 5.02 Å². The van der Waals surface area contributed by atoms with E-state index in [0.717, 1.165) is 33.0 Å². The highest BCUT2D eigenvalue weighted by Crippen LogP contribution is 2.27. The Morgan fingerprint density at radius 1 is 0.920 bits per heavy atom. The average molecular weight is 417 g/mol. The molecule has 128 valence electrons. The van der Waals surface area contributed by atoms with Gasteiger partial charge in [-0.05, 0) is 70.4 Å². The summed E-state index contributed by atoms with van der Waals surface area (Å²) in [5, 5.41) is 4.12. The van der Waals surface area contributed by atoms with Gasteiger partial charge in [0.25, 0.3) is 0 Å². The summed E-state index contributed by atoms with van der Waals surface area (Å²) in [6.07, 6.45) is 0. The molecule has 0 amide bonds. The van der Waals surface area contributed by atoms with Crippen molar-refractivity contribution in [2.24, 2.45) is 0 Å². The second-order valence-electron chi connectivity index (χ2n) is 5.90. The van der Waals surface area contributed by atoms with Gasteiger partial charge in [-0.15, -0.1) is 0 Å². The Kier molecular flexibility index (Phi) is 6.00. The molecule has 4 heteroatoms. The largest absolute Gasteiger partial charge is 0.488 e. The van der Waals surface area contributed by atoms with Crippen molar-refractivity contribution in [3.8, 4) is 5.75 Å². The first-order valence-corrected chi connectivity index (χ1v) is 9.23. The second kappa shape index (κ2) is 8.41. The predicted molar refractivity (Wildman–Crippen MR) is 108 cm³/mol. The molecule has 0 saturated heterocycles. The molecular formula is C21H19BrClNO. The van der Waals surface area contributed by atoms with Crippen molar-refractivity contribution in [1.29, 1.82) is 0 Å². The monoisotopic (exact) mass is 415 g/mol. The highest BCUT2D eigenvalue weighted by atomic mass is 79.9. The third-order valence-electron chi connectivity index (χ3n) is 3.85. The van der Waals surface area contributed by atoms with E-state index in [-0.39, 0.29) is 0 Å². The Labute approximate surface area is 161 Å². The fraction of sp³-hybridized carbons (Fsp3) is 0.143. The number of hydrogen-bond donors (Lipinski definition) is 1. The highest BCUT2D eigenvalue weighted by Gasteiger charge is 2.04. The van der Waals surface area contributed by atoms with E-state index in [0.29, 0.717) is 6.61 Å². The zero-order valence-corrected chi connectivity index (χ0v) is 16.3. The van der Waals surface area contributed by atoms with Crippen molar-refractivity contribution < 1.29 is 4.74 Å². The Bertz CT molecular complexity index is 832. The molecule has 0 radical (unpaired) electrons. The van der Waals surface area contributed by atoms with Gasteiger partial charge in [0.05, 0.1) is 4.47 Å². The predicted octanol–water partition coefficient (Wildman–Crippen LogP) is 6.60. The molecule has 1 N–H and O–H groups in total. The van der Waals surface area contributed by atoms with Gasteiger partial charge in [-0.2, -0.15) is 0 Å². The molecule has 3 aromatic carbocycles. The van der Waals surface area contributed by atoms with Crippen LogP contribution in [0.15, 0.2) is 71.2 Å². The van der Waals surface area contributed by atoms with E-state index in [1.807, 2.05) is 30.3 Å². The van der Waals surface area contributed by atoms with Gasteiger partial charge in [-0.3, -0.25) is 0 Å². The number of hydrogen-bond acceptors (Lipinski definition) is 2. The van der Waals surface area contributed by atoms with Crippen LogP contribution in [0.25, 0.3) is 0 Å². The smallest absolute Gasteiger partial charge is 0.134 e. The van der Waals surface area contributed by atoms with E-state index < -0.39 is 0 Å². The van der Waals surface area contributed by atoms with Gasteiger partial charge in [-0.25, -0.2) is 0 Å². The van der Waals surface area contributed by atoms with Crippen molar-refractivity contribution in [3.63, 3.8) is 0 Å². The van der Waals surface area contributed by atoms with Crippen LogP contribution in [0.5, 0.6) is 5.75 Å². The lowest BCUT2D eigenvalue weighted by atomic mass is 10.2. The molecule has 0 heterocycles. The zero-order valence-electron chi connectivity index (χ0n) is 13.9. The van der Waals surface area contributed by atoms with E-state index in [4.69, 9.17) is 16.3 Å². The summed E-state index contributed by atoms with van der Waals surface area (Å²) in [5.41, 5.74) is 4.62. The topological polar surface area (TPSA) is 21.3 Å². The molecule has 0 bridgehead atoms. The van der Waals surface area contributed by atoms with Crippen molar-refractivity contribution >= 4 is 33.2 Å². The Morgan fingerprint density at radius 2 is 1.60 bits per heavy atom. The number of anilines is 1. The number of halogens is 2. The SMILES string of the molecule is Cc1ccc(COc2ccc(CNc3ccc(Cl)cc3)cc2Br)cc1. The van der Waals surface area contributed by atoms with Crippen molar-refractivity contribution in [1.82, 2.24) is 0 Å². The molecule has 0 aromatic heterocycles. The minimum absolute atomic E-state index is 0.557. The molecule has 0 aliphatic heterocycles. The highest BCUT2D eigenvalue weighted by molar-refractivity contribution is 9.10. The lowest BCUT2D eigenvalue weighted by Gasteiger charge is -2.11. The lowest BCUT2D eigenvalue weighted by Crippen LogP contribution is -2.00. The fourth-order valence-electron chi connectivity index (χ4n) is 2.39. The fourth-order valence-corrected chi connectivity index (χ4v) is 3.06. The summed E-state index contributed by atoms with van der Waals surface area (Å²) in [6, 6.07) is 22.2. The Balaban J connectivity index is 1.58. The molecule has 3 aromatic rings. The molecular weight excluding hydrogens is 398 g/mol. The van der Waals surface area contributed by atoms with Gasteiger partial charge >= 0.3 is 0 Å². The van der Waals surface area contributed by atoms with Crippen molar-refractivity contribution in [2.75, 3.05) is 5.32 Å². The molecule has 2 nitrogen and oxygen atoms in total. The van der Waals surface area contributed by atoms with Gasteiger partial charge in [-0.1, -0.05) is 47.5 Å². The standard InChI is InChI=1S/C21H19BrClNO/c1-15-2-4-16(5-3-15)14-25-21-11-6-17(12-20(21)22)13-24-19-9-7-18(23)8-10-19/h2-12,24H,13-14H2,1H3. The van der Waals surface area contributed by atoms with Crippen LogP contribution in [-0.4, -0.2) is 0 Å². The molecule has 3 rings (SSSR count). The number of ether oxygens (including phenoxy) is 1. The van der Waals surface area contributed by atoms with E-state index in [2.05, 4.69) is 64.6 Å². The number of rotatable bonds is 6. The van der Waals surface area contributed by atoms with Crippen LogP contribution >= 0.6 is 27.5 Å². The van der Waals surface area contributed by atoms with E-state index >= 15 is 0 Å². The van der Waals surface area contributed by atoms with Gasteiger partial charge in [0, 0.05) is 17.3 Å². The van der Waals surface area contributed by atoms with Crippen molar-refractivity contribution in [2.45, 2.75) is 20.1 Å². The molecule has 0 spiro atoms. The van der Waals surface area contributed by atoms with Crippen LogP contribution in [0.1, 0.15) is 16.7 Å². The molecule has 25 heavy (non-hydrogen) atoms.